The average Bonchev–Trinajstić information content (AvgIpc) is 2.41. The van der Waals surface area contributed by atoms with Crippen LogP contribution in [0.15, 0.2) is 28.7 Å². The third-order valence-electron chi connectivity index (χ3n) is 3.18. The fraction of sp³-hybridized carbons (Fsp3) is 0.533. The number of nitriles is 1. The summed E-state index contributed by atoms with van der Waals surface area (Å²) in [7, 11) is 1.68. The number of rotatable bonds is 8. The van der Waals surface area contributed by atoms with Gasteiger partial charge in [-0.1, -0.05) is 28.1 Å². The van der Waals surface area contributed by atoms with Gasteiger partial charge in [0, 0.05) is 43.2 Å². The van der Waals surface area contributed by atoms with Crippen molar-refractivity contribution < 1.29 is 4.74 Å². The van der Waals surface area contributed by atoms with Gasteiger partial charge in [0.1, 0.15) is 0 Å². The minimum Gasteiger partial charge on any atom is -0.383 e. The highest BCUT2D eigenvalue weighted by Gasteiger charge is 2.23. The molecule has 0 aliphatic carbocycles. The molecule has 5 heteroatoms. The number of hydrogen-bond acceptors (Lipinski definition) is 4. The summed E-state index contributed by atoms with van der Waals surface area (Å²) in [5.41, 5.74) is 7.34. The van der Waals surface area contributed by atoms with Crippen molar-refractivity contribution in [2.45, 2.75) is 25.4 Å². The lowest BCUT2D eigenvalue weighted by Gasteiger charge is -2.34. The Morgan fingerprint density at radius 3 is 2.75 bits per heavy atom. The molecular formula is C15H22BrN3O. The molecule has 0 heterocycles. The van der Waals surface area contributed by atoms with E-state index in [9.17, 15) is 0 Å². The normalized spacial score (nSPS) is 14.0. The molecule has 0 radical (unpaired) electrons. The Morgan fingerprint density at radius 1 is 1.45 bits per heavy atom. The van der Waals surface area contributed by atoms with Crippen LogP contribution in [0.25, 0.3) is 0 Å². The summed E-state index contributed by atoms with van der Waals surface area (Å²) < 4.78 is 6.20. The van der Waals surface area contributed by atoms with Gasteiger partial charge in [0.15, 0.2) is 0 Å². The monoisotopic (exact) mass is 339 g/mol. The lowest BCUT2D eigenvalue weighted by atomic mass is 9.99. The Morgan fingerprint density at radius 2 is 2.20 bits per heavy atom. The van der Waals surface area contributed by atoms with Gasteiger partial charge in [0.25, 0.3) is 0 Å². The first-order valence-electron chi connectivity index (χ1n) is 6.71. The molecule has 0 saturated heterocycles. The molecule has 0 spiro atoms. The molecule has 1 aromatic rings. The maximum Gasteiger partial charge on any atom is 0.0635 e. The number of ether oxygens (including phenoxy) is 1. The molecule has 0 fully saturated rings. The lowest BCUT2D eigenvalue weighted by Crippen LogP contribution is -2.41. The van der Waals surface area contributed by atoms with E-state index in [0.29, 0.717) is 19.6 Å². The van der Waals surface area contributed by atoms with E-state index in [2.05, 4.69) is 39.0 Å². The summed E-state index contributed by atoms with van der Waals surface area (Å²) >= 11 is 3.50. The molecule has 4 nitrogen and oxygen atoms in total. The summed E-state index contributed by atoms with van der Waals surface area (Å²) in [6.07, 6.45) is 0.487. The van der Waals surface area contributed by atoms with Gasteiger partial charge in [-0.25, -0.2) is 0 Å². The van der Waals surface area contributed by atoms with Gasteiger partial charge >= 0.3 is 0 Å². The van der Waals surface area contributed by atoms with E-state index in [1.165, 1.54) is 0 Å². The highest BCUT2D eigenvalue weighted by Crippen LogP contribution is 2.26. The third-order valence-corrected chi connectivity index (χ3v) is 3.67. The predicted octanol–water partition coefficient (Wildman–Crippen LogP) is 2.70. The second kappa shape index (κ2) is 9.09. The van der Waals surface area contributed by atoms with Crippen molar-refractivity contribution in [3.05, 3.63) is 34.3 Å². The highest BCUT2D eigenvalue weighted by atomic mass is 79.9. The smallest absolute Gasteiger partial charge is 0.0635 e. The third kappa shape index (κ3) is 5.22. The SMILES string of the molecule is COCCN(CCC#N)C(c1cccc(Br)c1)C(C)N. The van der Waals surface area contributed by atoms with Crippen LogP contribution in [-0.2, 0) is 4.74 Å². The molecule has 0 bridgehead atoms. The number of halogens is 1. The molecule has 2 N–H and O–H groups in total. The number of nitrogens with two attached hydrogens (primary N) is 1. The largest absolute Gasteiger partial charge is 0.383 e. The number of benzene rings is 1. The van der Waals surface area contributed by atoms with Gasteiger partial charge in [-0.2, -0.15) is 5.26 Å². The summed E-state index contributed by atoms with van der Waals surface area (Å²) in [5, 5.41) is 8.83. The molecule has 0 aliphatic heterocycles. The van der Waals surface area contributed by atoms with Crippen LogP contribution in [0.2, 0.25) is 0 Å². The molecule has 2 atom stereocenters. The van der Waals surface area contributed by atoms with E-state index in [1.807, 2.05) is 19.1 Å². The zero-order valence-electron chi connectivity index (χ0n) is 12.1. The van der Waals surface area contributed by atoms with Crippen LogP contribution in [0.1, 0.15) is 24.9 Å². The molecule has 0 aromatic heterocycles. The van der Waals surface area contributed by atoms with Crippen LogP contribution in [0.5, 0.6) is 0 Å². The molecule has 110 valence electrons. The predicted molar refractivity (Wildman–Crippen MR) is 84.2 cm³/mol. The van der Waals surface area contributed by atoms with E-state index in [-0.39, 0.29) is 12.1 Å². The Bertz CT molecular complexity index is 445. The second-order valence-electron chi connectivity index (χ2n) is 4.80. The van der Waals surface area contributed by atoms with Crippen molar-refractivity contribution in [3.63, 3.8) is 0 Å². The fourth-order valence-electron chi connectivity index (χ4n) is 2.33. The van der Waals surface area contributed by atoms with E-state index in [0.717, 1.165) is 16.6 Å². The maximum absolute atomic E-state index is 8.83. The van der Waals surface area contributed by atoms with Gasteiger partial charge in [0.05, 0.1) is 12.7 Å². The fourth-order valence-corrected chi connectivity index (χ4v) is 2.75. The number of methoxy groups -OCH3 is 1. The van der Waals surface area contributed by atoms with E-state index in [1.54, 1.807) is 7.11 Å². The molecular weight excluding hydrogens is 318 g/mol. The minimum absolute atomic E-state index is 0.0279. The van der Waals surface area contributed by atoms with Crippen LogP contribution >= 0.6 is 15.9 Å². The Kier molecular flexibility index (Phi) is 7.78. The van der Waals surface area contributed by atoms with Crippen LogP contribution in [-0.4, -0.2) is 37.7 Å². The zero-order valence-corrected chi connectivity index (χ0v) is 13.6. The van der Waals surface area contributed by atoms with Crippen molar-refractivity contribution in [2.24, 2.45) is 5.73 Å². The summed E-state index contributed by atoms with van der Waals surface area (Å²) in [5.74, 6) is 0. The topological polar surface area (TPSA) is 62.3 Å². The van der Waals surface area contributed by atoms with Gasteiger partial charge in [0.2, 0.25) is 0 Å². The van der Waals surface area contributed by atoms with Gasteiger partial charge in [-0.15, -0.1) is 0 Å². The number of nitrogens with zero attached hydrogens (tertiary/aromatic N) is 2. The summed E-state index contributed by atoms with van der Waals surface area (Å²) in [6.45, 7) is 4.08. The van der Waals surface area contributed by atoms with Crippen LogP contribution in [0.4, 0.5) is 0 Å². The van der Waals surface area contributed by atoms with Gasteiger partial charge in [-0.05, 0) is 24.6 Å². The standard InChI is InChI=1S/C15H22BrN3O/c1-12(18)15(13-5-3-6-14(16)11-13)19(8-4-7-17)9-10-20-2/h3,5-6,11-12,15H,4,8-10,18H2,1-2H3. The molecule has 0 saturated carbocycles. The van der Waals surface area contributed by atoms with Crippen molar-refractivity contribution in [3.8, 4) is 6.07 Å². The lowest BCUT2D eigenvalue weighted by molar-refractivity contribution is 0.112. The first kappa shape index (κ1) is 17.1. The van der Waals surface area contributed by atoms with E-state index in [4.69, 9.17) is 15.7 Å². The molecule has 1 rings (SSSR count). The first-order valence-corrected chi connectivity index (χ1v) is 7.50. The van der Waals surface area contributed by atoms with Crippen molar-refractivity contribution in [1.29, 1.82) is 5.26 Å². The average molecular weight is 340 g/mol. The van der Waals surface area contributed by atoms with Crippen LogP contribution in [0.3, 0.4) is 0 Å². The van der Waals surface area contributed by atoms with Crippen molar-refractivity contribution in [1.82, 2.24) is 4.90 Å². The van der Waals surface area contributed by atoms with E-state index >= 15 is 0 Å². The summed E-state index contributed by atoms with van der Waals surface area (Å²) in [6, 6.07) is 10.4. The molecule has 0 aliphatic rings. The second-order valence-corrected chi connectivity index (χ2v) is 5.71. The van der Waals surface area contributed by atoms with Crippen LogP contribution < -0.4 is 5.73 Å². The molecule has 2 unspecified atom stereocenters. The van der Waals surface area contributed by atoms with Crippen LogP contribution in [0, 0.1) is 11.3 Å². The van der Waals surface area contributed by atoms with Gasteiger partial charge < -0.3 is 10.5 Å². The zero-order chi connectivity index (χ0) is 15.0. The Balaban J connectivity index is 2.97. The first-order chi connectivity index (χ1) is 9.60. The van der Waals surface area contributed by atoms with Crippen molar-refractivity contribution in [2.75, 3.05) is 26.8 Å². The molecule has 0 amide bonds. The maximum atomic E-state index is 8.83. The molecule has 1 aromatic carbocycles. The quantitative estimate of drug-likeness (QED) is 0.790. The van der Waals surface area contributed by atoms with Crippen molar-refractivity contribution >= 4 is 15.9 Å². The Labute approximate surface area is 129 Å². The summed E-state index contributed by atoms with van der Waals surface area (Å²) in [4.78, 5) is 2.22. The van der Waals surface area contributed by atoms with E-state index < -0.39 is 0 Å². The molecule has 20 heavy (non-hydrogen) atoms. The Hall–Kier alpha value is -0.930. The highest BCUT2D eigenvalue weighted by molar-refractivity contribution is 9.10. The number of hydrogen-bond donors (Lipinski definition) is 1. The van der Waals surface area contributed by atoms with Gasteiger partial charge in [-0.3, -0.25) is 4.90 Å². The minimum atomic E-state index is -0.0279.